The predicted molar refractivity (Wildman–Crippen MR) is 61.8 cm³/mol. The fourth-order valence-electron chi connectivity index (χ4n) is 1.27. The molecule has 3 heteroatoms. The van der Waals surface area contributed by atoms with Crippen LogP contribution in [0, 0.1) is 0 Å². The summed E-state index contributed by atoms with van der Waals surface area (Å²) in [6.07, 6.45) is 1.32. The average molecular weight is 227 g/mol. The SMILES string of the molecule is C=CC(C)(O)C(C)(O)c1ccc(Cl)cc1. The van der Waals surface area contributed by atoms with Crippen molar-refractivity contribution in [3.05, 3.63) is 47.5 Å². The Hall–Kier alpha value is -0.830. The van der Waals surface area contributed by atoms with Crippen LogP contribution in [0.2, 0.25) is 5.02 Å². The van der Waals surface area contributed by atoms with Crippen LogP contribution >= 0.6 is 11.6 Å². The molecule has 2 unspecified atom stereocenters. The summed E-state index contributed by atoms with van der Waals surface area (Å²) in [6.45, 7) is 6.55. The van der Waals surface area contributed by atoms with Crippen LogP contribution in [0.25, 0.3) is 0 Å². The van der Waals surface area contributed by atoms with Crippen molar-refractivity contribution >= 4 is 11.6 Å². The van der Waals surface area contributed by atoms with Crippen molar-refractivity contribution < 1.29 is 10.2 Å². The second kappa shape index (κ2) is 3.97. The Morgan fingerprint density at radius 1 is 1.20 bits per heavy atom. The van der Waals surface area contributed by atoms with Gasteiger partial charge in [-0.2, -0.15) is 0 Å². The van der Waals surface area contributed by atoms with Crippen molar-refractivity contribution in [2.75, 3.05) is 0 Å². The first-order valence-corrected chi connectivity index (χ1v) is 5.03. The van der Waals surface area contributed by atoms with Crippen molar-refractivity contribution in [1.29, 1.82) is 0 Å². The summed E-state index contributed by atoms with van der Waals surface area (Å²) in [5, 5.41) is 20.8. The van der Waals surface area contributed by atoms with Crippen molar-refractivity contribution in [2.24, 2.45) is 0 Å². The van der Waals surface area contributed by atoms with Crippen LogP contribution in [0.3, 0.4) is 0 Å². The fourth-order valence-corrected chi connectivity index (χ4v) is 1.39. The number of rotatable bonds is 3. The monoisotopic (exact) mass is 226 g/mol. The minimum absolute atomic E-state index is 0.591. The molecule has 0 aromatic heterocycles. The number of aliphatic hydroxyl groups is 2. The summed E-state index contributed by atoms with van der Waals surface area (Å²) >= 11 is 5.75. The normalized spacial score (nSPS) is 19.0. The van der Waals surface area contributed by atoms with Crippen molar-refractivity contribution in [1.82, 2.24) is 0 Å². The molecule has 15 heavy (non-hydrogen) atoms. The first-order chi connectivity index (χ1) is 6.81. The molecule has 0 aliphatic heterocycles. The standard InChI is InChI=1S/C12H15ClO2/c1-4-11(2,14)12(3,15)9-5-7-10(13)8-6-9/h4-8,14-15H,1H2,2-3H3. The number of benzene rings is 1. The quantitative estimate of drug-likeness (QED) is 0.778. The zero-order chi connectivity index (χ0) is 11.7. The molecule has 0 amide bonds. The molecule has 0 saturated carbocycles. The van der Waals surface area contributed by atoms with E-state index in [2.05, 4.69) is 6.58 Å². The molecular formula is C12H15ClO2. The number of halogens is 1. The van der Waals surface area contributed by atoms with Gasteiger partial charge in [0.15, 0.2) is 0 Å². The van der Waals surface area contributed by atoms with Gasteiger partial charge in [0.1, 0.15) is 11.2 Å². The summed E-state index contributed by atoms with van der Waals surface area (Å²) in [5.74, 6) is 0. The third-order valence-corrected chi connectivity index (χ3v) is 3.04. The van der Waals surface area contributed by atoms with E-state index in [4.69, 9.17) is 11.6 Å². The van der Waals surface area contributed by atoms with Gasteiger partial charge in [0.25, 0.3) is 0 Å². The smallest absolute Gasteiger partial charge is 0.119 e. The Kier molecular flexibility index (Phi) is 3.24. The molecule has 2 atom stereocenters. The number of hydrogen-bond acceptors (Lipinski definition) is 2. The molecule has 0 spiro atoms. The molecule has 0 aliphatic rings. The van der Waals surface area contributed by atoms with E-state index >= 15 is 0 Å². The highest BCUT2D eigenvalue weighted by molar-refractivity contribution is 6.30. The van der Waals surface area contributed by atoms with Crippen LogP contribution in [0.1, 0.15) is 19.4 Å². The Morgan fingerprint density at radius 3 is 2.07 bits per heavy atom. The van der Waals surface area contributed by atoms with E-state index in [1.165, 1.54) is 19.9 Å². The van der Waals surface area contributed by atoms with Crippen LogP contribution in [0.4, 0.5) is 0 Å². The van der Waals surface area contributed by atoms with Crippen LogP contribution in [-0.4, -0.2) is 15.8 Å². The largest absolute Gasteiger partial charge is 0.383 e. The Bertz CT molecular complexity index is 352. The molecule has 0 radical (unpaired) electrons. The van der Waals surface area contributed by atoms with Gasteiger partial charge >= 0.3 is 0 Å². The summed E-state index contributed by atoms with van der Waals surface area (Å²) in [7, 11) is 0. The molecule has 2 N–H and O–H groups in total. The highest BCUT2D eigenvalue weighted by Gasteiger charge is 2.40. The predicted octanol–water partition coefficient (Wildman–Crippen LogP) is 2.48. The maximum atomic E-state index is 10.2. The lowest BCUT2D eigenvalue weighted by Crippen LogP contribution is -2.45. The van der Waals surface area contributed by atoms with Gasteiger partial charge in [0.05, 0.1) is 0 Å². The van der Waals surface area contributed by atoms with E-state index in [1.807, 2.05) is 0 Å². The number of hydrogen-bond donors (Lipinski definition) is 2. The Morgan fingerprint density at radius 2 is 1.67 bits per heavy atom. The van der Waals surface area contributed by atoms with Crippen molar-refractivity contribution in [3.63, 3.8) is 0 Å². The third-order valence-electron chi connectivity index (χ3n) is 2.79. The Balaban J connectivity index is 3.16. The first kappa shape index (κ1) is 12.2. The second-order valence-electron chi connectivity index (χ2n) is 3.93. The molecule has 0 heterocycles. The van der Waals surface area contributed by atoms with Crippen LogP contribution in [0.15, 0.2) is 36.9 Å². The average Bonchev–Trinajstić information content (AvgIpc) is 2.18. The minimum Gasteiger partial charge on any atom is -0.383 e. The topological polar surface area (TPSA) is 40.5 Å². The molecule has 1 rings (SSSR count). The second-order valence-corrected chi connectivity index (χ2v) is 4.37. The van der Waals surface area contributed by atoms with Crippen molar-refractivity contribution in [2.45, 2.75) is 25.0 Å². The third kappa shape index (κ3) is 2.23. The fraction of sp³-hybridized carbons (Fsp3) is 0.333. The van der Waals surface area contributed by atoms with Crippen LogP contribution in [0.5, 0.6) is 0 Å². The molecule has 0 fully saturated rings. The lowest BCUT2D eigenvalue weighted by atomic mass is 9.80. The molecule has 1 aromatic carbocycles. The van der Waals surface area contributed by atoms with E-state index in [0.717, 1.165) is 0 Å². The van der Waals surface area contributed by atoms with Gasteiger partial charge in [0.2, 0.25) is 0 Å². The van der Waals surface area contributed by atoms with E-state index in [0.29, 0.717) is 10.6 Å². The zero-order valence-corrected chi connectivity index (χ0v) is 9.62. The van der Waals surface area contributed by atoms with Crippen LogP contribution in [-0.2, 0) is 5.60 Å². The van der Waals surface area contributed by atoms with Gasteiger partial charge in [-0.05, 0) is 31.5 Å². The minimum atomic E-state index is -1.39. The summed E-state index contributed by atoms with van der Waals surface area (Å²) in [4.78, 5) is 0. The molecule has 0 saturated heterocycles. The Labute approximate surface area is 94.8 Å². The molecule has 2 nitrogen and oxygen atoms in total. The molecule has 0 bridgehead atoms. The zero-order valence-electron chi connectivity index (χ0n) is 8.87. The maximum absolute atomic E-state index is 10.2. The van der Waals surface area contributed by atoms with Gasteiger partial charge in [-0.25, -0.2) is 0 Å². The van der Waals surface area contributed by atoms with Crippen LogP contribution < -0.4 is 0 Å². The van der Waals surface area contributed by atoms with Gasteiger partial charge in [0, 0.05) is 5.02 Å². The summed E-state index contributed by atoms with van der Waals surface area (Å²) in [6, 6.07) is 6.70. The maximum Gasteiger partial charge on any atom is 0.119 e. The van der Waals surface area contributed by atoms with E-state index < -0.39 is 11.2 Å². The van der Waals surface area contributed by atoms with Gasteiger partial charge in [-0.15, -0.1) is 6.58 Å². The van der Waals surface area contributed by atoms with Crippen molar-refractivity contribution in [3.8, 4) is 0 Å². The molecular weight excluding hydrogens is 212 g/mol. The first-order valence-electron chi connectivity index (χ1n) is 4.65. The molecule has 1 aromatic rings. The van der Waals surface area contributed by atoms with Gasteiger partial charge < -0.3 is 10.2 Å². The van der Waals surface area contributed by atoms with E-state index in [1.54, 1.807) is 24.3 Å². The summed E-state index contributed by atoms with van der Waals surface area (Å²) < 4.78 is 0. The van der Waals surface area contributed by atoms with E-state index in [9.17, 15) is 10.2 Å². The highest BCUT2D eigenvalue weighted by atomic mass is 35.5. The van der Waals surface area contributed by atoms with Gasteiger partial charge in [-0.1, -0.05) is 29.8 Å². The lowest BCUT2D eigenvalue weighted by Gasteiger charge is -2.36. The van der Waals surface area contributed by atoms with E-state index in [-0.39, 0.29) is 0 Å². The molecule has 0 aliphatic carbocycles. The summed E-state index contributed by atoms with van der Waals surface area (Å²) in [5.41, 5.74) is -2.18. The highest BCUT2D eigenvalue weighted by Crippen LogP contribution is 2.33. The lowest BCUT2D eigenvalue weighted by molar-refractivity contribution is -0.106. The van der Waals surface area contributed by atoms with Gasteiger partial charge in [-0.3, -0.25) is 0 Å². The molecule has 82 valence electrons.